The van der Waals surface area contributed by atoms with Gasteiger partial charge in [-0.25, -0.2) is 0 Å². The SMILES string of the molecule is C=CC.C=CC.c1ccccc1. The summed E-state index contributed by atoms with van der Waals surface area (Å²) in [5.41, 5.74) is 0. The standard InChI is InChI=1S/C6H6.2C3H6/c1-2-4-6-5-3-1;2*1-3-2/h1-6H;2*3H,1H2,2H3. The minimum Gasteiger partial charge on any atom is -0.103 e. The van der Waals surface area contributed by atoms with Crippen LogP contribution in [0, 0.1) is 0 Å². The molecule has 0 saturated carbocycles. The van der Waals surface area contributed by atoms with E-state index in [0.717, 1.165) is 0 Å². The highest BCUT2D eigenvalue weighted by Crippen LogP contribution is 1.79. The van der Waals surface area contributed by atoms with E-state index in [1.165, 1.54) is 0 Å². The zero-order valence-electron chi connectivity index (χ0n) is 8.03. The summed E-state index contributed by atoms with van der Waals surface area (Å²) in [6, 6.07) is 12.0. The molecule has 0 aliphatic heterocycles. The Morgan fingerprint density at radius 1 is 0.667 bits per heavy atom. The van der Waals surface area contributed by atoms with E-state index < -0.39 is 0 Å². The number of benzene rings is 1. The second-order valence-corrected chi connectivity index (χ2v) is 1.97. The molecular formula is C12H18. The molecule has 1 aromatic carbocycles. The van der Waals surface area contributed by atoms with Crippen LogP contribution in [0.1, 0.15) is 13.8 Å². The highest BCUT2D eigenvalue weighted by Gasteiger charge is 1.57. The van der Waals surface area contributed by atoms with Gasteiger partial charge in [0.2, 0.25) is 0 Å². The molecule has 0 fully saturated rings. The Morgan fingerprint density at radius 2 is 0.750 bits per heavy atom. The molecule has 0 unspecified atom stereocenters. The summed E-state index contributed by atoms with van der Waals surface area (Å²) in [7, 11) is 0. The molecule has 0 heterocycles. The average molecular weight is 162 g/mol. The van der Waals surface area contributed by atoms with E-state index in [1.54, 1.807) is 12.2 Å². The molecule has 1 rings (SSSR count). The lowest BCUT2D eigenvalue weighted by atomic mass is 10.4. The number of allylic oxidation sites excluding steroid dienone is 2. The fraction of sp³-hybridized carbons (Fsp3) is 0.167. The molecule has 0 saturated heterocycles. The highest BCUT2D eigenvalue weighted by molar-refractivity contribution is 4.99. The third-order valence-electron chi connectivity index (χ3n) is 0.667. The quantitative estimate of drug-likeness (QED) is 0.504. The summed E-state index contributed by atoms with van der Waals surface area (Å²) in [6.45, 7) is 10.5. The first kappa shape index (κ1) is 13.3. The molecule has 0 spiro atoms. The Bertz CT molecular complexity index is 130. The second-order valence-electron chi connectivity index (χ2n) is 1.97. The molecule has 66 valence electrons. The molecule has 0 aromatic heterocycles. The van der Waals surface area contributed by atoms with Crippen molar-refractivity contribution in [3.63, 3.8) is 0 Å². The number of hydrogen-bond donors (Lipinski definition) is 0. The van der Waals surface area contributed by atoms with Crippen LogP contribution >= 0.6 is 0 Å². The lowest BCUT2D eigenvalue weighted by Gasteiger charge is -1.69. The van der Waals surface area contributed by atoms with Gasteiger partial charge >= 0.3 is 0 Å². The first-order valence-electron chi connectivity index (χ1n) is 3.97. The molecule has 0 nitrogen and oxygen atoms in total. The third-order valence-corrected chi connectivity index (χ3v) is 0.667. The highest BCUT2D eigenvalue weighted by atomic mass is 13.6. The van der Waals surface area contributed by atoms with Crippen molar-refractivity contribution in [1.29, 1.82) is 0 Å². The van der Waals surface area contributed by atoms with Crippen LogP contribution in [0.5, 0.6) is 0 Å². The topological polar surface area (TPSA) is 0 Å². The normalized spacial score (nSPS) is 6.17. The van der Waals surface area contributed by atoms with Crippen molar-refractivity contribution in [3.8, 4) is 0 Å². The fourth-order valence-corrected chi connectivity index (χ4v) is 0.385. The van der Waals surface area contributed by atoms with Crippen LogP contribution in [0.15, 0.2) is 61.7 Å². The van der Waals surface area contributed by atoms with Gasteiger partial charge in [-0.15, -0.1) is 13.2 Å². The largest absolute Gasteiger partial charge is 0.103 e. The van der Waals surface area contributed by atoms with E-state index in [4.69, 9.17) is 0 Å². The zero-order valence-corrected chi connectivity index (χ0v) is 8.03. The van der Waals surface area contributed by atoms with Gasteiger partial charge in [0.05, 0.1) is 0 Å². The summed E-state index contributed by atoms with van der Waals surface area (Å²) >= 11 is 0. The third kappa shape index (κ3) is 23.4. The predicted octanol–water partition coefficient (Wildman–Crippen LogP) is 4.07. The van der Waals surface area contributed by atoms with Gasteiger partial charge in [0.1, 0.15) is 0 Å². The van der Waals surface area contributed by atoms with E-state index in [9.17, 15) is 0 Å². The Labute approximate surface area is 76.3 Å². The zero-order chi connectivity index (χ0) is 9.66. The summed E-state index contributed by atoms with van der Waals surface area (Å²) in [5, 5.41) is 0. The van der Waals surface area contributed by atoms with Crippen molar-refractivity contribution in [2.24, 2.45) is 0 Å². The van der Waals surface area contributed by atoms with Crippen LogP contribution < -0.4 is 0 Å². The van der Waals surface area contributed by atoms with Crippen molar-refractivity contribution in [2.75, 3.05) is 0 Å². The molecule has 0 N–H and O–H groups in total. The summed E-state index contributed by atoms with van der Waals surface area (Å²) < 4.78 is 0. The maximum absolute atomic E-state index is 3.36. The monoisotopic (exact) mass is 162 g/mol. The molecule has 0 bridgehead atoms. The first-order chi connectivity index (χ1) is 5.83. The minimum atomic E-state index is 1.75. The smallest absolute Gasteiger partial charge is 0.0473 e. The first-order valence-corrected chi connectivity index (χ1v) is 3.97. The van der Waals surface area contributed by atoms with Crippen molar-refractivity contribution < 1.29 is 0 Å². The Morgan fingerprint density at radius 3 is 0.833 bits per heavy atom. The van der Waals surface area contributed by atoms with Gasteiger partial charge in [0.25, 0.3) is 0 Å². The van der Waals surface area contributed by atoms with E-state index in [-0.39, 0.29) is 0 Å². The predicted molar refractivity (Wildman–Crippen MR) is 58.2 cm³/mol. The molecule has 1 aromatic rings. The van der Waals surface area contributed by atoms with Crippen LogP contribution in [0.25, 0.3) is 0 Å². The molecule has 0 radical (unpaired) electrons. The molecule has 0 aliphatic carbocycles. The Balaban J connectivity index is 0. The lowest BCUT2D eigenvalue weighted by molar-refractivity contribution is 1.72. The number of rotatable bonds is 0. The van der Waals surface area contributed by atoms with Crippen LogP contribution in [0.2, 0.25) is 0 Å². The van der Waals surface area contributed by atoms with Gasteiger partial charge in [-0.3, -0.25) is 0 Å². The lowest BCUT2D eigenvalue weighted by Crippen LogP contribution is -1.47. The van der Waals surface area contributed by atoms with Crippen molar-refractivity contribution in [1.82, 2.24) is 0 Å². The van der Waals surface area contributed by atoms with Gasteiger partial charge in [-0.1, -0.05) is 48.6 Å². The van der Waals surface area contributed by atoms with E-state index in [0.29, 0.717) is 0 Å². The minimum absolute atomic E-state index is 1.75. The van der Waals surface area contributed by atoms with E-state index in [1.807, 2.05) is 50.2 Å². The van der Waals surface area contributed by atoms with Crippen LogP contribution in [0.4, 0.5) is 0 Å². The molecule has 0 atom stereocenters. The molecule has 0 heteroatoms. The number of hydrogen-bond acceptors (Lipinski definition) is 0. The van der Waals surface area contributed by atoms with Crippen LogP contribution in [0.3, 0.4) is 0 Å². The molecule has 0 aliphatic rings. The molecular weight excluding hydrogens is 144 g/mol. The van der Waals surface area contributed by atoms with Crippen molar-refractivity contribution in [3.05, 3.63) is 61.7 Å². The van der Waals surface area contributed by atoms with Crippen molar-refractivity contribution in [2.45, 2.75) is 13.8 Å². The van der Waals surface area contributed by atoms with Crippen molar-refractivity contribution >= 4 is 0 Å². The van der Waals surface area contributed by atoms with Gasteiger partial charge in [0.15, 0.2) is 0 Å². The second kappa shape index (κ2) is 16.4. The van der Waals surface area contributed by atoms with Gasteiger partial charge in [0, 0.05) is 0 Å². The maximum atomic E-state index is 3.36. The summed E-state index contributed by atoms with van der Waals surface area (Å²) in [6.07, 6.45) is 3.50. The fourth-order valence-electron chi connectivity index (χ4n) is 0.385. The van der Waals surface area contributed by atoms with E-state index in [2.05, 4.69) is 13.2 Å². The van der Waals surface area contributed by atoms with E-state index >= 15 is 0 Å². The Hall–Kier alpha value is -1.30. The van der Waals surface area contributed by atoms with Crippen LogP contribution in [-0.4, -0.2) is 0 Å². The summed E-state index contributed by atoms with van der Waals surface area (Å²) in [5.74, 6) is 0. The molecule has 12 heavy (non-hydrogen) atoms. The van der Waals surface area contributed by atoms with Gasteiger partial charge < -0.3 is 0 Å². The van der Waals surface area contributed by atoms with Gasteiger partial charge in [-0.05, 0) is 13.8 Å². The van der Waals surface area contributed by atoms with Crippen LogP contribution in [-0.2, 0) is 0 Å². The average Bonchev–Trinajstić information content (AvgIpc) is 2.10. The van der Waals surface area contributed by atoms with Gasteiger partial charge in [-0.2, -0.15) is 0 Å². The molecule has 0 amide bonds. The summed E-state index contributed by atoms with van der Waals surface area (Å²) in [4.78, 5) is 0. The maximum Gasteiger partial charge on any atom is -0.0473 e. The Kier molecular flexibility index (Phi) is 18.1.